The van der Waals surface area contributed by atoms with E-state index in [0.717, 1.165) is 23.4 Å². The first-order valence-corrected chi connectivity index (χ1v) is 9.15. The van der Waals surface area contributed by atoms with E-state index in [9.17, 15) is 13.6 Å². The van der Waals surface area contributed by atoms with Gasteiger partial charge in [-0.15, -0.1) is 10.2 Å². The fourth-order valence-electron chi connectivity index (χ4n) is 2.54. The van der Waals surface area contributed by atoms with Crippen LogP contribution in [0.1, 0.15) is 18.3 Å². The lowest BCUT2D eigenvalue weighted by molar-refractivity contribution is -0.115. The quantitative estimate of drug-likeness (QED) is 0.663. The number of aromatic nitrogens is 3. The van der Waals surface area contributed by atoms with Crippen LogP contribution >= 0.6 is 11.8 Å². The Morgan fingerprint density at radius 2 is 1.85 bits per heavy atom. The number of aryl methyl sites for hydroxylation is 2. The van der Waals surface area contributed by atoms with Gasteiger partial charge < -0.3 is 5.32 Å². The van der Waals surface area contributed by atoms with E-state index in [1.807, 2.05) is 42.7 Å². The van der Waals surface area contributed by atoms with E-state index in [1.165, 1.54) is 17.8 Å². The van der Waals surface area contributed by atoms with Gasteiger partial charge in [-0.05, 0) is 44.5 Å². The summed E-state index contributed by atoms with van der Waals surface area (Å²) in [5.41, 5.74) is 2.19. The average molecular weight is 388 g/mol. The SMILES string of the molecule is Cc1ccccc1-n1c(C)nnc1SC(C)C(=O)Nc1ccc(F)c(F)c1. The van der Waals surface area contributed by atoms with Gasteiger partial charge in [0.05, 0.1) is 10.9 Å². The lowest BCUT2D eigenvalue weighted by atomic mass is 10.2. The van der Waals surface area contributed by atoms with E-state index in [2.05, 4.69) is 15.5 Å². The zero-order valence-electron chi connectivity index (χ0n) is 15.0. The molecule has 0 fully saturated rings. The number of para-hydroxylation sites is 1. The molecule has 140 valence electrons. The number of amides is 1. The molecule has 0 bridgehead atoms. The number of benzene rings is 2. The second kappa shape index (κ2) is 7.87. The minimum absolute atomic E-state index is 0.197. The molecule has 2 aromatic carbocycles. The fraction of sp³-hybridized carbons (Fsp3) is 0.211. The lowest BCUT2D eigenvalue weighted by Crippen LogP contribution is -2.23. The third-order valence-electron chi connectivity index (χ3n) is 3.99. The molecule has 8 heteroatoms. The van der Waals surface area contributed by atoms with Crippen molar-refractivity contribution in [1.82, 2.24) is 14.8 Å². The van der Waals surface area contributed by atoms with Crippen molar-refractivity contribution in [2.75, 3.05) is 5.32 Å². The van der Waals surface area contributed by atoms with Gasteiger partial charge in [0.25, 0.3) is 0 Å². The highest BCUT2D eigenvalue weighted by atomic mass is 32.2. The van der Waals surface area contributed by atoms with E-state index >= 15 is 0 Å². The molecule has 1 amide bonds. The van der Waals surface area contributed by atoms with Crippen molar-refractivity contribution < 1.29 is 13.6 Å². The van der Waals surface area contributed by atoms with Crippen molar-refractivity contribution in [3.05, 3.63) is 65.5 Å². The van der Waals surface area contributed by atoms with Gasteiger partial charge in [-0.3, -0.25) is 9.36 Å². The number of halogens is 2. The number of hydrogen-bond donors (Lipinski definition) is 1. The summed E-state index contributed by atoms with van der Waals surface area (Å²) in [5, 5.41) is 10.9. The van der Waals surface area contributed by atoms with Crippen molar-refractivity contribution >= 4 is 23.4 Å². The number of hydrogen-bond acceptors (Lipinski definition) is 4. The summed E-state index contributed by atoms with van der Waals surface area (Å²) in [6.45, 7) is 5.55. The number of thioether (sulfide) groups is 1. The number of carbonyl (C=O) groups excluding carboxylic acids is 1. The molecular weight excluding hydrogens is 370 g/mol. The number of nitrogens with zero attached hydrogens (tertiary/aromatic N) is 3. The molecule has 1 N–H and O–H groups in total. The number of carbonyl (C=O) groups is 1. The second-order valence-corrected chi connectivity index (χ2v) is 7.34. The maximum absolute atomic E-state index is 13.3. The van der Waals surface area contributed by atoms with Crippen LogP contribution in [-0.4, -0.2) is 25.9 Å². The van der Waals surface area contributed by atoms with Gasteiger partial charge in [-0.25, -0.2) is 8.78 Å². The Hall–Kier alpha value is -2.74. The normalized spacial score (nSPS) is 12.0. The van der Waals surface area contributed by atoms with Crippen molar-refractivity contribution in [3.8, 4) is 5.69 Å². The second-order valence-electron chi connectivity index (χ2n) is 6.03. The van der Waals surface area contributed by atoms with E-state index in [1.54, 1.807) is 6.92 Å². The molecule has 27 heavy (non-hydrogen) atoms. The summed E-state index contributed by atoms with van der Waals surface area (Å²) in [6, 6.07) is 11.1. The average Bonchev–Trinajstić information content (AvgIpc) is 2.99. The van der Waals surface area contributed by atoms with Crippen molar-refractivity contribution in [2.24, 2.45) is 0 Å². The molecular formula is C19H18F2N4OS. The van der Waals surface area contributed by atoms with Crippen LogP contribution in [-0.2, 0) is 4.79 Å². The highest BCUT2D eigenvalue weighted by Crippen LogP contribution is 2.27. The van der Waals surface area contributed by atoms with Gasteiger partial charge in [0, 0.05) is 11.8 Å². The van der Waals surface area contributed by atoms with Crippen LogP contribution in [0.15, 0.2) is 47.6 Å². The first-order valence-electron chi connectivity index (χ1n) is 8.27. The van der Waals surface area contributed by atoms with E-state index in [0.29, 0.717) is 11.0 Å². The Balaban J connectivity index is 1.78. The van der Waals surface area contributed by atoms with Crippen molar-refractivity contribution in [3.63, 3.8) is 0 Å². The van der Waals surface area contributed by atoms with Gasteiger partial charge in [-0.2, -0.15) is 0 Å². The topological polar surface area (TPSA) is 59.8 Å². The van der Waals surface area contributed by atoms with Gasteiger partial charge >= 0.3 is 0 Å². The summed E-state index contributed by atoms with van der Waals surface area (Å²) in [6.07, 6.45) is 0. The highest BCUT2D eigenvalue weighted by molar-refractivity contribution is 8.00. The van der Waals surface area contributed by atoms with Gasteiger partial charge in [0.1, 0.15) is 5.82 Å². The van der Waals surface area contributed by atoms with Gasteiger partial charge in [-0.1, -0.05) is 30.0 Å². The summed E-state index contributed by atoms with van der Waals surface area (Å²) in [7, 11) is 0. The molecule has 0 aliphatic carbocycles. The molecule has 0 aliphatic heterocycles. The Labute approximate surface area is 159 Å². The zero-order chi connectivity index (χ0) is 19.6. The standard InChI is InChI=1S/C19H18F2N4OS/c1-11-6-4-5-7-17(11)25-13(3)23-24-19(25)27-12(2)18(26)22-14-8-9-15(20)16(21)10-14/h4-10,12H,1-3H3,(H,22,26). The number of anilines is 1. The molecule has 0 radical (unpaired) electrons. The number of nitrogens with one attached hydrogen (secondary N) is 1. The Morgan fingerprint density at radius 1 is 1.11 bits per heavy atom. The van der Waals surface area contributed by atoms with Crippen molar-refractivity contribution in [2.45, 2.75) is 31.2 Å². The Bertz CT molecular complexity index is 990. The molecule has 3 aromatic rings. The maximum Gasteiger partial charge on any atom is 0.237 e. The molecule has 0 spiro atoms. The van der Waals surface area contributed by atoms with Crippen LogP contribution in [0.25, 0.3) is 5.69 Å². The molecule has 1 atom stereocenters. The Morgan fingerprint density at radius 3 is 2.56 bits per heavy atom. The number of rotatable bonds is 5. The minimum atomic E-state index is -1.01. The predicted octanol–water partition coefficient (Wildman–Crippen LogP) is 4.28. The van der Waals surface area contributed by atoms with Gasteiger partial charge in [0.2, 0.25) is 5.91 Å². The third kappa shape index (κ3) is 4.16. The molecule has 5 nitrogen and oxygen atoms in total. The Kier molecular flexibility index (Phi) is 5.55. The summed E-state index contributed by atoms with van der Waals surface area (Å²) < 4.78 is 28.2. The molecule has 3 rings (SSSR count). The lowest BCUT2D eigenvalue weighted by Gasteiger charge is -2.14. The monoisotopic (exact) mass is 388 g/mol. The van der Waals surface area contributed by atoms with Crippen LogP contribution in [0.3, 0.4) is 0 Å². The smallest absolute Gasteiger partial charge is 0.237 e. The molecule has 0 saturated heterocycles. The van der Waals surface area contributed by atoms with E-state index in [-0.39, 0.29) is 11.6 Å². The highest BCUT2D eigenvalue weighted by Gasteiger charge is 2.21. The first-order chi connectivity index (χ1) is 12.9. The van der Waals surface area contributed by atoms with Crippen LogP contribution in [0.2, 0.25) is 0 Å². The molecule has 1 heterocycles. The maximum atomic E-state index is 13.3. The largest absolute Gasteiger partial charge is 0.325 e. The molecule has 0 aliphatic rings. The van der Waals surface area contributed by atoms with Crippen LogP contribution in [0.5, 0.6) is 0 Å². The van der Waals surface area contributed by atoms with Crippen molar-refractivity contribution in [1.29, 1.82) is 0 Å². The summed E-state index contributed by atoms with van der Waals surface area (Å²) in [5.74, 6) is -1.61. The summed E-state index contributed by atoms with van der Waals surface area (Å²) >= 11 is 1.24. The fourth-order valence-corrected chi connectivity index (χ4v) is 3.45. The predicted molar refractivity (Wildman–Crippen MR) is 101 cm³/mol. The zero-order valence-corrected chi connectivity index (χ0v) is 15.8. The van der Waals surface area contributed by atoms with Crippen LogP contribution in [0.4, 0.5) is 14.5 Å². The first kappa shape index (κ1) is 19.0. The minimum Gasteiger partial charge on any atom is -0.325 e. The molecule has 1 aromatic heterocycles. The van der Waals surface area contributed by atoms with Crippen LogP contribution in [0, 0.1) is 25.5 Å². The van der Waals surface area contributed by atoms with E-state index in [4.69, 9.17) is 0 Å². The third-order valence-corrected chi connectivity index (χ3v) is 5.03. The summed E-state index contributed by atoms with van der Waals surface area (Å²) in [4.78, 5) is 12.4. The molecule has 1 unspecified atom stereocenters. The molecule has 0 saturated carbocycles. The van der Waals surface area contributed by atoms with Gasteiger partial charge in [0.15, 0.2) is 16.8 Å². The van der Waals surface area contributed by atoms with E-state index < -0.39 is 16.9 Å². The van der Waals surface area contributed by atoms with Crippen LogP contribution < -0.4 is 5.32 Å².